The first-order chi connectivity index (χ1) is 8.43. The van der Waals surface area contributed by atoms with Crippen LogP contribution in [0.1, 0.15) is 29.2 Å². The van der Waals surface area contributed by atoms with Crippen molar-refractivity contribution in [1.29, 1.82) is 0 Å². The summed E-state index contributed by atoms with van der Waals surface area (Å²) in [6.07, 6.45) is 2.47. The molecule has 2 aliphatic rings. The van der Waals surface area contributed by atoms with Crippen molar-refractivity contribution in [3.63, 3.8) is 0 Å². The van der Waals surface area contributed by atoms with Crippen molar-refractivity contribution in [2.24, 2.45) is 0 Å². The van der Waals surface area contributed by atoms with Crippen LogP contribution in [0.15, 0.2) is 48.5 Å². The molecule has 2 aliphatic heterocycles. The molecule has 0 bridgehead atoms. The minimum atomic E-state index is 0.612. The quantitative estimate of drug-likeness (QED) is 0.655. The SMILES string of the molecule is c1ccc2c(c1)CN1c3ccccc3CCC21. The Balaban J connectivity index is 1.85. The van der Waals surface area contributed by atoms with Crippen molar-refractivity contribution in [3.8, 4) is 0 Å². The second-order valence-electron chi connectivity index (χ2n) is 5.01. The highest BCUT2D eigenvalue weighted by molar-refractivity contribution is 5.61. The average molecular weight is 221 g/mol. The molecule has 1 heteroatoms. The van der Waals surface area contributed by atoms with Gasteiger partial charge in [-0.25, -0.2) is 0 Å². The second-order valence-corrected chi connectivity index (χ2v) is 5.01. The molecule has 0 saturated carbocycles. The van der Waals surface area contributed by atoms with E-state index in [0.29, 0.717) is 6.04 Å². The summed E-state index contributed by atoms with van der Waals surface area (Å²) in [6, 6.07) is 18.4. The lowest BCUT2D eigenvalue weighted by Crippen LogP contribution is -2.26. The largest absolute Gasteiger partial charge is 0.360 e. The van der Waals surface area contributed by atoms with E-state index in [4.69, 9.17) is 0 Å². The fraction of sp³-hybridized carbons (Fsp3) is 0.250. The standard InChI is InChI=1S/C16H15N/c1-3-7-14-13(6-1)11-17-15-8-4-2-5-12(15)9-10-16(14)17/h1-8,16H,9-11H2. The zero-order valence-electron chi connectivity index (χ0n) is 9.76. The Kier molecular flexibility index (Phi) is 1.84. The van der Waals surface area contributed by atoms with Gasteiger partial charge in [0.25, 0.3) is 0 Å². The molecule has 84 valence electrons. The molecule has 17 heavy (non-hydrogen) atoms. The molecule has 0 spiro atoms. The molecule has 2 aromatic rings. The Labute approximate surface area is 102 Å². The number of hydrogen-bond acceptors (Lipinski definition) is 1. The van der Waals surface area contributed by atoms with Gasteiger partial charge >= 0.3 is 0 Å². The molecule has 0 radical (unpaired) electrons. The number of para-hydroxylation sites is 1. The molecule has 0 aromatic heterocycles. The van der Waals surface area contributed by atoms with Crippen molar-refractivity contribution < 1.29 is 0 Å². The Bertz CT molecular complexity index is 573. The molecule has 0 saturated heterocycles. The van der Waals surface area contributed by atoms with Crippen LogP contribution in [0.4, 0.5) is 5.69 Å². The molecule has 0 aliphatic carbocycles. The summed E-state index contributed by atoms with van der Waals surface area (Å²) >= 11 is 0. The van der Waals surface area contributed by atoms with Gasteiger partial charge in [-0.2, -0.15) is 0 Å². The van der Waals surface area contributed by atoms with E-state index in [0.717, 1.165) is 6.54 Å². The second kappa shape index (κ2) is 3.36. The molecule has 2 heterocycles. The third-order valence-corrected chi connectivity index (χ3v) is 4.12. The number of benzene rings is 2. The van der Waals surface area contributed by atoms with E-state index in [9.17, 15) is 0 Å². The lowest BCUT2D eigenvalue weighted by Gasteiger charge is -2.34. The average Bonchev–Trinajstić information content (AvgIpc) is 2.78. The molecule has 0 amide bonds. The molecule has 2 aromatic carbocycles. The zero-order valence-corrected chi connectivity index (χ0v) is 9.76. The summed E-state index contributed by atoms with van der Waals surface area (Å²) in [4.78, 5) is 2.57. The normalized spacial score (nSPS) is 20.7. The number of hydrogen-bond donors (Lipinski definition) is 0. The lowest BCUT2D eigenvalue weighted by molar-refractivity contribution is 0.584. The number of aryl methyl sites for hydroxylation is 1. The van der Waals surface area contributed by atoms with E-state index in [1.54, 1.807) is 5.56 Å². The molecule has 0 fully saturated rings. The molecule has 1 atom stereocenters. The van der Waals surface area contributed by atoms with Gasteiger partial charge in [0.05, 0.1) is 6.04 Å². The van der Waals surface area contributed by atoms with E-state index in [1.807, 2.05) is 0 Å². The van der Waals surface area contributed by atoms with Gasteiger partial charge in [-0.05, 0) is 35.6 Å². The highest BCUT2D eigenvalue weighted by Crippen LogP contribution is 2.44. The fourth-order valence-corrected chi connectivity index (χ4v) is 3.32. The molecular formula is C16H15N. The predicted octanol–water partition coefficient (Wildman–Crippen LogP) is 3.69. The minimum absolute atomic E-state index is 0.612. The van der Waals surface area contributed by atoms with Crippen LogP contribution in [-0.2, 0) is 13.0 Å². The third-order valence-electron chi connectivity index (χ3n) is 4.12. The molecule has 1 nitrogen and oxygen atoms in total. The first-order valence-corrected chi connectivity index (χ1v) is 6.36. The van der Waals surface area contributed by atoms with Crippen LogP contribution in [0.2, 0.25) is 0 Å². The van der Waals surface area contributed by atoms with Crippen LogP contribution in [0.5, 0.6) is 0 Å². The van der Waals surface area contributed by atoms with Crippen molar-refractivity contribution >= 4 is 5.69 Å². The molecule has 1 unspecified atom stereocenters. The summed E-state index contributed by atoms with van der Waals surface area (Å²) in [7, 11) is 0. The van der Waals surface area contributed by atoms with Crippen LogP contribution < -0.4 is 4.90 Å². The molecule has 4 rings (SSSR count). The fourth-order valence-electron chi connectivity index (χ4n) is 3.32. The van der Waals surface area contributed by atoms with Crippen molar-refractivity contribution in [2.45, 2.75) is 25.4 Å². The zero-order chi connectivity index (χ0) is 11.2. The van der Waals surface area contributed by atoms with E-state index >= 15 is 0 Å². The van der Waals surface area contributed by atoms with Gasteiger partial charge in [0.15, 0.2) is 0 Å². The third kappa shape index (κ3) is 1.25. The predicted molar refractivity (Wildman–Crippen MR) is 70.1 cm³/mol. The number of anilines is 1. The first kappa shape index (κ1) is 9.29. The van der Waals surface area contributed by atoms with Crippen molar-refractivity contribution in [3.05, 3.63) is 65.2 Å². The summed E-state index contributed by atoms with van der Waals surface area (Å²) in [6.45, 7) is 1.08. The molecular weight excluding hydrogens is 206 g/mol. The van der Waals surface area contributed by atoms with Crippen LogP contribution in [-0.4, -0.2) is 0 Å². The van der Waals surface area contributed by atoms with Crippen LogP contribution >= 0.6 is 0 Å². The van der Waals surface area contributed by atoms with Gasteiger partial charge in [0.2, 0.25) is 0 Å². The Hall–Kier alpha value is -1.76. The highest BCUT2D eigenvalue weighted by Gasteiger charge is 2.33. The Morgan fingerprint density at radius 3 is 2.59 bits per heavy atom. The monoisotopic (exact) mass is 221 g/mol. The van der Waals surface area contributed by atoms with Gasteiger partial charge in [0, 0.05) is 12.2 Å². The number of nitrogens with zero attached hydrogens (tertiary/aromatic N) is 1. The summed E-state index contributed by atoms with van der Waals surface area (Å²) in [5.74, 6) is 0. The summed E-state index contributed by atoms with van der Waals surface area (Å²) in [5, 5.41) is 0. The van der Waals surface area contributed by atoms with Crippen LogP contribution in [0, 0.1) is 0 Å². The highest BCUT2D eigenvalue weighted by atomic mass is 15.2. The van der Waals surface area contributed by atoms with E-state index in [2.05, 4.69) is 53.4 Å². The van der Waals surface area contributed by atoms with Gasteiger partial charge in [-0.1, -0.05) is 42.5 Å². The minimum Gasteiger partial charge on any atom is -0.360 e. The number of rotatable bonds is 0. The van der Waals surface area contributed by atoms with Crippen LogP contribution in [0.3, 0.4) is 0 Å². The molecule has 0 N–H and O–H groups in total. The van der Waals surface area contributed by atoms with Gasteiger partial charge in [0.1, 0.15) is 0 Å². The van der Waals surface area contributed by atoms with E-state index < -0.39 is 0 Å². The van der Waals surface area contributed by atoms with Crippen LogP contribution in [0.25, 0.3) is 0 Å². The van der Waals surface area contributed by atoms with E-state index in [-0.39, 0.29) is 0 Å². The van der Waals surface area contributed by atoms with Gasteiger partial charge in [-0.15, -0.1) is 0 Å². The van der Waals surface area contributed by atoms with Crippen molar-refractivity contribution in [1.82, 2.24) is 0 Å². The number of fused-ring (bicyclic) bond motifs is 5. The Morgan fingerprint density at radius 1 is 0.882 bits per heavy atom. The smallest absolute Gasteiger partial charge is 0.0552 e. The summed E-state index contributed by atoms with van der Waals surface area (Å²) in [5.41, 5.74) is 6.01. The van der Waals surface area contributed by atoms with Crippen molar-refractivity contribution in [2.75, 3.05) is 4.90 Å². The lowest BCUT2D eigenvalue weighted by atomic mass is 9.94. The maximum absolute atomic E-state index is 2.57. The van der Waals surface area contributed by atoms with E-state index in [1.165, 1.54) is 29.7 Å². The summed E-state index contributed by atoms with van der Waals surface area (Å²) < 4.78 is 0. The maximum atomic E-state index is 2.57. The van der Waals surface area contributed by atoms with Gasteiger partial charge in [-0.3, -0.25) is 0 Å². The maximum Gasteiger partial charge on any atom is 0.0552 e. The van der Waals surface area contributed by atoms with Gasteiger partial charge < -0.3 is 4.90 Å². The topological polar surface area (TPSA) is 3.24 Å². The first-order valence-electron chi connectivity index (χ1n) is 6.36. The Morgan fingerprint density at radius 2 is 1.65 bits per heavy atom.